The molecule has 0 spiro atoms. The minimum absolute atomic E-state index is 0. The summed E-state index contributed by atoms with van der Waals surface area (Å²) in [6.45, 7) is 8.73. The maximum atomic E-state index is 11.8. The van der Waals surface area contributed by atoms with Gasteiger partial charge in [-0.3, -0.25) is 14.8 Å². The highest BCUT2D eigenvalue weighted by molar-refractivity contribution is 14.0. The summed E-state index contributed by atoms with van der Waals surface area (Å²) in [6, 6.07) is 4.37. The van der Waals surface area contributed by atoms with Crippen LogP contribution < -0.4 is 10.6 Å². The van der Waals surface area contributed by atoms with E-state index in [1.807, 2.05) is 24.1 Å². The molecule has 1 aliphatic heterocycles. The molecule has 0 radical (unpaired) electrons. The molecule has 2 N–H and O–H groups in total. The highest BCUT2D eigenvalue weighted by Crippen LogP contribution is 2.22. The molecule has 6 nitrogen and oxygen atoms in total. The maximum absolute atomic E-state index is 11.8. The number of carbonyl (C=O) groups is 1. The van der Waals surface area contributed by atoms with Gasteiger partial charge in [0.2, 0.25) is 5.91 Å². The van der Waals surface area contributed by atoms with Crippen LogP contribution in [0.1, 0.15) is 45.1 Å². The van der Waals surface area contributed by atoms with Crippen molar-refractivity contribution in [2.75, 3.05) is 26.7 Å². The van der Waals surface area contributed by atoms with E-state index in [4.69, 9.17) is 0 Å². The van der Waals surface area contributed by atoms with Crippen molar-refractivity contribution >= 4 is 35.8 Å². The van der Waals surface area contributed by atoms with Crippen molar-refractivity contribution in [2.45, 2.75) is 45.6 Å². The summed E-state index contributed by atoms with van der Waals surface area (Å²) in [6.07, 6.45) is 5.27. The predicted molar refractivity (Wildman–Crippen MR) is 117 cm³/mol. The van der Waals surface area contributed by atoms with Crippen LogP contribution in [0.5, 0.6) is 0 Å². The number of rotatable bonds is 6. The van der Waals surface area contributed by atoms with Crippen molar-refractivity contribution in [3.8, 4) is 0 Å². The predicted octanol–water partition coefficient (Wildman–Crippen LogP) is 2.62. The molecule has 2 heterocycles. The van der Waals surface area contributed by atoms with Crippen molar-refractivity contribution in [3.63, 3.8) is 0 Å². The number of likely N-dealkylation sites (tertiary alicyclic amines) is 1. The van der Waals surface area contributed by atoms with Crippen LogP contribution in [0.3, 0.4) is 0 Å². The number of aromatic nitrogens is 1. The van der Waals surface area contributed by atoms with Crippen LogP contribution in [-0.2, 0) is 4.79 Å². The molecule has 1 amide bonds. The zero-order valence-corrected chi connectivity index (χ0v) is 18.6. The van der Waals surface area contributed by atoms with E-state index in [0.717, 1.165) is 32.0 Å². The SMILES string of the molecule is CCC(=O)N1CCC(NC(=NC)NCC(c2cccnc2)C(C)C)C1.I. The van der Waals surface area contributed by atoms with Crippen LogP contribution in [0, 0.1) is 5.92 Å². The van der Waals surface area contributed by atoms with E-state index in [2.05, 4.69) is 40.5 Å². The summed E-state index contributed by atoms with van der Waals surface area (Å²) >= 11 is 0. The van der Waals surface area contributed by atoms with Gasteiger partial charge < -0.3 is 15.5 Å². The fourth-order valence-corrected chi connectivity index (χ4v) is 3.26. The van der Waals surface area contributed by atoms with Gasteiger partial charge in [0.15, 0.2) is 5.96 Å². The molecule has 1 fully saturated rings. The summed E-state index contributed by atoms with van der Waals surface area (Å²) in [4.78, 5) is 22.3. The summed E-state index contributed by atoms with van der Waals surface area (Å²) in [7, 11) is 1.79. The smallest absolute Gasteiger partial charge is 0.222 e. The third kappa shape index (κ3) is 6.41. The molecule has 2 unspecified atom stereocenters. The molecule has 0 saturated carbocycles. The Morgan fingerprint density at radius 1 is 1.46 bits per heavy atom. The van der Waals surface area contributed by atoms with E-state index in [1.165, 1.54) is 5.56 Å². The molecule has 0 bridgehead atoms. The monoisotopic (exact) mass is 473 g/mol. The van der Waals surface area contributed by atoms with Crippen LogP contribution in [0.15, 0.2) is 29.5 Å². The number of pyridine rings is 1. The van der Waals surface area contributed by atoms with E-state index >= 15 is 0 Å². The first kappa shape index (κ1) is 22.7. The number of nitrogens with one attached hydrogen (secondary N) is 2. The van der Waals surface area contributed by atoms with E-state index < -0.39 is 0 Å². The lowest BCUT2D eigenvalue weighted by Gasteiger charge is -2.24. The Labute approximate surface area is 174 Å². The van der Waals surface area contributed by atoms with Gasteiger partial charge in [0.25, 0.3) is 0 Å². The highest BCUT2D eigenvalue weighted by Gasteiger charge is 2.26. The number of hydrogen-bond donors (Lipinski definition) is 2. The normalized spacial score (nSPS) is 18.4. The summed E-state index contributed by atoms with van der Waals surface area (Å²) in [5, 5.41) is 6.89. The van der Waals surface area contributed by atoms with Crippen LogP contribution >= 0.6 is 24.0 Å². The quantitative estimate of drug-likeness (QED) is 0.379. The number of aliphatic imine (C=N–C) groups is 1. The lowest BCUT2D eigenvalue weighted by atomic mass is 9.89. The molecule has 0 aromatic carbocycles. The van der Waals surface area contributed by atoms with E-state index in [9.17, 15) is 4.79 Å². The first-order valence-electron chi connectivity index (χ1n) is 9.20. The molecule has 146 valence electrons. The van der Waals surface area contributed by atoms with Crippen molar-refractivity contribution in [1.82, 2.24) is 20.5 Å². The second-order valence-electron chi connectivity index (χ2n) is 6.91. The Hall–Kier alpha value is -1.38. The standard InChI is InChI=1S/C19H31N5O.HI/c1-5-18(25)24-10-8-16(13-24)23-19(20-4)22-12-17(14(2)3)15-7-6-9-21-11-15;/h6-7,9,11,14,16-17H,5,8,10,12-13H2,1-4H3,(H2,20,22,23);1H. The van der Waals surface area contributed by atoms with Crippen molar-refractivity contribution in [1.29, 1.82) is 0 Å². The van der Waals surface area contributed by atoms with Gasteiger partial charge in [-0.05, 0) is 24.0 Å². The average Bonchev–Trinajstić information content (AvgIpc) is 3.09. The van der Waals surface area contributed by atoms with Gasteiger partial charge in [0, 0.05) is 57.5 Å². The van der Waals surface area contributed by atoms with Crippen LogP contribution in [-0.4, -0.2) is 54.5 Å². The summed E-state index contributed by atoms with van der Waals surface area (Å²) < 4.78 is 0. The second-order valence-corrected chi connectivity index (χ2v) is 6.91. The largest absolute Gasteiger partial charge is 0.356 e. The first-order valence-corrected chi connectivity index (χ1v) is 9.20. The average molecular weight is 473 g/mol. The molecule has 1 saturated heterocycles. The van der Waals surface area contributed by atoms with E-state index in [0.29, 0.717) is 18.3 Å². The third-order valence-corrected chi connectivity index (χ3v) is 4.81. The minimum atomic E-state index is 0. The Kier molecular flexibility index (Phi) is 9.90. The number of hydrogen-bond acceptors (Lipinski definition) is 3. The Morgan fingerprint density at radius 3 is 2.81 bits per heavy atom. The van der Waals surface area contributed by atoms with Crippen LogP contribution in [0.2, 0.25) is 0 Å². The van der Waals surface area contributed by atoms with E-state index in [-0.39, 0.29) is 35.9 Å². The third-order valence-electron chi connectivity index (χ3n) is 4.81. The maximum Gasteiger partial charge on any atom is 0.222 e. The van der Waals surface area contributed by atoms with Crippen molar-refractivity contribution < 1.29 is 4.79 Å². The van der Waals surface area contributed by atoms with Gasteiger partial charge in [-0.1, -0.05) is 26.8 Å². The number of amides is 1. The molecule has 26 heavy (non-hydrogen) atoms. The summed E-state index contributed by atoms with van der Waals surface area (Å²) in [5.74, 6) is 1.89. The van der Waals surface area contributed by atoms with Gasteiger partial charge in [0.05, 0.1) is 0 Å². The number of carbonyl (C=O) groups excluding carboxylic acids is 1. The Bertz CT molecular complexity index is 579. The molecule has 1 aromatic rings. The van der Waals surface area contributed by atoms with Gasteiger partial charge in [-0.25, -0.2) is 0 Å². The zero-order chi connectivity index (χ0) is 18.2. The van der Waals surface area contributed by atoms with Gasteiger partial charge in [0.1, 0.15) is 0 Å². The molecular formula is C19H32IN5O. The molecule has 1 aromatic heterocycles. The van der Waals surface area contributed by atoms with Crippen molar-refractivity contribution in [2.24, 2.45) is 10.9 Å². The molecule has 2 atom stereocenters. The van der Waals surface area contributed by atoms with Gasteiger partial charge >= 0.3 is 0 Å². The lowest BCUT2D eigenvalue weighted by Crippen LogP contribution is -2.46. The van der Waals surface area contributed by atoms with Gasteiger partial charge in [-0.2, -0.15) is 0 Å². The minimum Gasteiger partial charge on any atom is -0.356 e. The molecule has 7 heteroatoms. The second kappa shape index (κ2) is 11.4. The Balaban J connectivity index is 0.00000338. The van der Waals surface area contributed by atoms with Crippen LogP contribution in [0.4, 0.5) is 0 Å². The highest BCUT2D eigenvalue weighted by atomic mass is 127. The van der Waals surface area contributed by atoms with Crippen LogP contribution in [0.25, 0.3) is 0 Å². The molecule has 2 rings (SSSR count). The lowest BCUT2D eigenvalue weighted by molar-refractivity contribution is -0.129. The molecule has 1 aliphatic rings. The van der Waals surface area contributed by atoms with Gasteiger partial charge in [-0.15, -0.1) is 24.0 Å². The topological polar surface area (TPSA) is 69.6 Å². The van der Waals surface area contributed by atoms with E-state index in [1.54, 1.807) is 13.2 Å². The first-order chi connectivity index (χ1) is 12.0. The summed E-state index contributed by atoms with van der Waals surface area (Å²) in [5.41, 5.74) is 1.24. The number of halogens is 1. The Morgan fingerprint density at radius 2 is 2.23 bits per heavy atom. The van der Waals surface area contributed by atoms with Crippen molar-refractivity contribution in [3.05, 3.63) is 30.1 Å². The zero-order valence-electron chi connectivity index (χ0n) is 16.2. The fourth-order valence-electron chi connectivity index (χ4n) is 3.26. The molecule has 0 aliphatic carbocycles. The fraction of sp³-hybridized carbons (Fsp3) is 0.632. The number of nitrogens with zero attached hydrogens (tertiary/aromatic N) is 3. The molecular weight excluding hydrogens is 441 g/mol. The number of guanidine groups is 1.